The number of amides is 2. The van der Waals surface area contributed by atoms with Crippen LogP contribution in [0.3, 0.4) is 0 Å². The van der Waals surface area contributed by atoms with Crippen LogP contribution in [0.2, 0.25) is 0 Å². The molecule has 5 nitrogen and oxygen atoms in total. The number of nitrogens with one attached hydrogen (secondary N) is 3. The number of aryl methyl sites for hydroxylation is 2. The van der Waals surface area contributed by atoms with E-state index in [2.05, 4.69) is 16.0 Å². The van der Waals surface area contributed by atoms with E-state index in [1.165, 1.54) is 0 Å². The molecule has 1 atom stereocenters. The highest BCUT2D eigenvalue weighted by Gasteiger charge is 2.25. The van der Waals surface area contributed by atoms with Gasteiger partial charge in [-0.15, -0.1) is 0 Å². The molecule has 5 heteroatoms. The summed E-state index contributed by atoms with van der Waals surface area (Å²) in [5.41, 5.74) is 5.03. The number of carbonyl (C=O) groups excluding carboxylic acids is 2. The van der Waals surface area contributed by atoms with Gasteiger partial charge in [0.2, 0.25) is 0 Å². The summed E-state index contributed by atoms with van der Waals surface area (Å²) in [4.78, 5) is 25.7. The Morgan fingerprint density at radius 2 is 1.68 bits per heavy atom. The van der Waals surface area contributed by atoms with Gasteiger partial charge in [-0.3, -0.25) is 9.59 Å². The number of benzene rings is 3. The van der Waals surface area contributed by atoms with Crippen molar-refractivity contribution in [3.8, 4) is 0 Å². The van der Waals surface area contributed by atoms with E-state index in [-0.39, 0.29) is 11.8 Å². The quantitative estimate of drug-likeness (QED) is 0.511. The van der Waals surface area contributed by atoms with Gasteiger partial charge in [0.05, 0.1) is 0 Å². The van der Waals surface area contributed by atoms with Crippen LogP contribution in [-0.2, 0) is 4.79 Å². The van der Waals surface area contributed by atoms with E-state index in [0.29, 0.717) is 17.3 Å². The molecular weight excluding hydrogens is 386 g/mol. The lowest BCUT2D eigenvalue weighted by molar-refractivity contribution is -0.117. The van der Waals surface area contributed by atoms with Crippen molar-refractivity contribution in [2.45, 2.75) is 38.8 Å². The van der Waals surface area contributed by atoms with Gasteiger partial charge >= 0.3 is 0 Å². The predicted molar refractivity (Wildman–Crippen MR) is 124 cm³/mol. The Balaban J connectivity index is 1.58. The molecule has 0 saturated heterocycles. The van der Waals surface area contributed by atoms with Crippen molar-refractivity contribution in [1.29, 1.82) is 0 Å². The van der Waals surface area contributed by atoms with E-state index in [9.17, 15) is 9.59 Å². The third kappa shape index (κ3) is 5.31. The minimum atomic E-state index is -0.608. The van der Waals surface area contributed by atoms with E-state index in [1.54, 1.807) is 12.1 Å². The Labute approximate surface area is 182 Å². The van der Waals surface area contributed by atoms with Crippen LogP contribution in [0, 0.1) is 13.8 Å². The van der Waals surface area contributed by atoms with E-state index in [4.69, 9.17) is 0 Å². The maximum absolute atomic E-state index is 13.3. The molecule has 4 rings (SSSR count). The monoisotopic (exact) mass is 413 g/mol. The molecule has 3 aromatic rings. The summed E-state index contributed by atoms with van der Waals surface area (Å²) in [6, 6.07) is 22.5. The fraction of sp³-hybridized carbons (Fsp3) is 0.231. The van der Waals surface area contributed by atoms with Crippen molar-refractivity contribution in [3.05, 3.63) is 95.1 Å². The molecular formula is C26H27N3O2. The summed E-state index contributed by atoms with van der Waals surface area (Å²) in [5.74, 6) is -0.241. The van der Waals surface area contributed by atoms with Gasteiger partial charge in [-0.2, -0.15) is 0 Å². The molecule has 1 aliphatic rings. The lowest BCUT2D eigenvalue weighted by atomic mass is 10.0. The Morgan fingerprint density at radius 3 is 2.42 bits per heavy atom. The van der Waals surface area contributed by atoms with Gasteiger partial charge in [-0.1, -0.05) is 48.5 Å². The molecule has 3 aromatic carbocycles. The Kier molecular flexibility index (Phi) is 6.03. The van der Waals surface area contributed by atoms with Crippen LogP contribution >= 0.6 is 0 Å². The highest BCUT2D eigenvalue weighted by molar-refractivity contribution is 5.99. The molecule has 0 bridgehead atoms. The number of rotatable bonds is 7. The zero-order valence-electron chi connectivity index (χ0n) is 17.8. The zero-order valence-corrected chi connectivity index (χ0v) is 17.8. The highest BCUT2D eigenvalue weighted by atomic mass is 16.2. The summed E-state index contributed by atoms with van der Waals surface area (Å²) < 4.78 is 0. The Bertz CT molecular complexity index is 1090. The van der Waals surface area contributed by atoms with Crippen molar-refractivity contribution in [3.63, 3.8) is 0 Å². The molecule has 0 spiro atoms. The summed E-state index contributed by atoms with van der Waals surface area (Å²) in [6.45, 7) is 3.97. The van der Waals surface area contributed by atoms with Gasteiger partial charge in [0.1, 0.15) is 6.04 Å². The molecule has 1 saturated carbocycles. The number of hydrogen-bond acceptors (Lipinski definition) is 3. The standard InChI is InChI=1S/C26H27N3O2/c1-17-11-12-18(2)23(15-17)29-26(31)24(19-7-4-3-5-8-19)27-22-10-6-9-20(16-22)25(30)28-21-13-14-21/h3-12,15-16,21,24,27H,13-14H2,1-2H3,(H,28,30)(H,29,31). The Morgan fingerprint density at radius 1 is 0.903 bits per heavy atom. The maximum atomic E-state index is 13.3. The summed E-state index contributed by atoms with van der Waals surface area (Å²) in [5, 5.41) is 9.39. The predicted octanol–water partition coefficient (Wildman–Crippen LogP) is 4.99. The number of carbonyl (C=O) groups is 2. The van der Waals surface area contributed by atoms with E-state index in [1.807, 2.05) is 74.5 Å². The molecule has 158 valence electrons. The van der Waals surface area contributed by atoms with Gasteiger partial charge in [0.15, 0.2) is 0 Å². The smallest absolute Gasteiger partial charge is 0.251 e. The molecule has 0 aliphatic heterocycles. The molecule has 3 N–H and O–H groups in total. The second-order valence-electron chi connectivity index (χ2n) is 8.12. The second kappa shape index (κ2) is 9.04. The second-order valence-corrected chi connectivity index (χ2v) is 8.12. The van der Waals surface area contributed by atoms with Gasteiger partial charge in [-0.25, -0.2) is 0 Å². The first kappa shape index (κ1) is 20.7. The van der Waals surface area contributed by atoms with Crippen LogP contribution in [-0.4, -0.2) is 17.9 Å². The van der Waals surface area contributed by atoms with E-state index < -0.39 is 6.04 Å². The van der Waals surface area contributed by atoms with Crippen LogP contribution in [0.25, 0.3) is 0 Å². The lowest BCUT2D eigenvalue weighted by Gasteiger charge is -2.21. The summed E-state index contributed by atoms with van der Waals surface area (Å²) in [7, 11) is 0. The molecule has 0 aromatic heterocycles. The highest BCUT2D eigenvalue weighted by Crippen LogP contribution is 2.25. The van der Waals surface area contributed by atoms with Crippen LogP contribution < -0.4 is 16.0 Å². The van der Waals surface area contributed by atoms with Crippen LogP contribution in [0.15, 0.2) is 72.8 Å². The van der Waals surface area contributed by atoms with Crippen molar-refractivity contribution in [2.24, 2.45) is 0 Å². The third-order valence-corrected chi connectivity index (χ3v) is 5.39. The SMILES string of the molecule is Cc1ccc(C)c(NC(=O)C(Nc2cccc(C(=O)NC3CC3)c2)c2ccccc2)c1. The van der Waals surface area contributed by atoms with Crippen molar-refractivity contribution >= 4 is 23.2 Å². The van der Waals surface area contributed by atoms with Crippen LogP contribution in [0.4, 0.5) is 11.4 Å². The third-order valence-electron chi connectivity index (χ3n) is 5.39. The van der Waals surface area contributed by atoms with Gasteiger partial charge in [-0.05, 0) is 67.6 Å². The maximum Gasteiger partial charge on any atom is 0.251 e. The van der Waals surface area contributed by atoms with Crippen molar-refractivity contribution in [2.75, 3.05) is 10.6 Å². The van der Waals surface area contributed by atoms with Crippen molar-refractivity contribution < 1.29 is 9.59 Å². The van der Waals surface area contributed by atoms with Crippen LogP contribution in [0.1, 0.15) is 45.9 Å². The van der Waals surface area contributed by atoms with E-state index in [0.717, 1.165) is 35.2 Å². The molecule has 1 fully saturated rings. The van der Waals surface area contributed by atoms with Gasteiger partial charge in [0.25, 0.3) is 11.8 Å². The average molecular weight is 414 g/mol. The first-order valence-corrected chi connectivity index (χ1v) is 10.6. The van der Waals surface area contributed by atoms with E-state index >= 15 is 0 Å². The Hall–Kier alpha value is -3.60. The minimum Gasteiger partial charge on any atom is -0.370 e. The van der Waals surface area contributed by atoms with Crippen molar-refractivity contribution in [1.82, 2.24) is 5.32 Å². The molecule has 0 heterocycles. The molecule has 1 aliphatic carbocycles. The zero-order chi connectivity index (χ0) is 21.8. The topological polar surface area (TPSA) is 70.2 Å². The fourth-order valence-electron chi connectivity index (χ4n) is 3.43. The summed E-state index contributed by atoms with van der Waals surface area (Å²) in [6.07, 6.45) is 2.08. The normalized spacial score (nSPS) is 13.9. The number of anilines is 2. The molecule has 2 amide bonds. The fourth-order valence-corrected chi connectivity index (χ4v) is 3.43. The first-order valence-electron chi connectivity index (χ1n) is 10.6. The minimum absolute atomic E-state index is 0.0813. The average Bonchev–Trinajstić information content (AvgIpc) is 3.59. The lowest BCUT2D eigenvalue weighted by Crippen LogP contribution is -2.28. The molecule has 0 radical (unpaired) electrons. The molecule has 31 heavy (non-hydrogen) atoms. The number of hydrogen-bond donors (Lipinski definition) is 3. The summed E-state index contributed by atoms with van der Waals surface area (Å²) >= 11 is 0. The first-order chi connectivity index (χ1) is 15.0. The van der Waals surface area contributed by atoms with Gasteiger partial charge < -0.3 is 16.0 Å². The van der Waals surface area contributed by atoms with Crippen LogP contribution in [0.5, 0.6) is 0 Å². The largest absolute Gasteiger partial charge is 0.370 e. The van der Waals surface area contributed by atoms with Gasteiger partial charge in [0, 0.05) is 23.0 Å². The molecule has 1 unspecified atom stereocenters.